The third-order valence-electron chi connectivity index (χ3n) is 2.63. The summed E-state index contributed by atoms with van der Waals surface area (Å²) in [6, 6.07) is 4.73. The van der Waals surface area contributed by atoms with E-state index in [9.17, 15) is 8.42 Å². The fraction of sp³-hybridized carbons (Fsp3) is 0.500. The molecule has 0 heterocycles. The van der Waals surface area contributed by atoms with E-state index >= 15 is 0 Å². The first-order valence-corrected chi connectivity index (χ1v) is 7.30. The second-order valence-electron chi connectivity index (χ2n) is 4.70. The SMILES string of the molecule is CNS(=O)(=O)c1ccc(N)c(N(C)CC(C)C)c1. The van der Waals surface area contributed by atoms with E-state index in [1.165, 1.54) is 13.1 Å². The Morgan fingerprint density at radius 2 is 2.00 bits per heavy atom. The van der Waals surface area contributed by atoms with E-state index in [4.69, 9.17) is 5.73 Å². The van der Waals surface area contributed by atoms with Gasteiger partial charge in [0.05, 0.1) is 16.3 Å². The maximum absolute atomic E-state index is 11.7. The first-order valence-electron chi connectivity index (χ1n) is 5.82. The molecule has 0 aliphatic rings. The largest absolute Gasteiger partial charge is 0.397 e. The van der Waals surface area contributed by atoms with Crippen molar-refractivity contribution in [2.75, 3.05) is 31.3 Å². The van der Waals surface area contributed by atoms with Crippen molar-refractivity contribution in [1.29, 1.82) is 0 Å². The molecule has 0 radical (unpaired) electrons. The van der Waals surface area contributed by atoms with Gasteiger partial charge in [0.2, 0.25) is 10.0 Å². The molecule has 0 amide bonds. The minimum Gasteiger partial charge on any atom is -0.397 e. The van der Waals surface area contributed by atoms with E-state index < -0.39 is 10.0 Å². The van der Waals surface area contributed by atoms with Crippen LogP contribution in [-0.4, -0.2) is 29.1 Å². The van der Waals surface area contributed by atoms with E-state index in [-0.39, 0.29) is 4.90 Å². The summed E-state index contributed by atoms with van der Waals surface area (Å²) in [4.78, 5) is 2.19. The van der Waals surface area contributed by atoms with Gasteiger partial charge in [-0.15, -0.1) is 0 Å². The number of hydrogen-bond donors (Lipinski definition) is 2. The van der Waals surface area contributed by atoms with Crippen LogP contribution in [0, 0.1) is 5.92 Å². The van der Waals surface area contributed by atoms with E-state index in [0.29, 0.717) is 11.6 Å². The van der Waals surface area contributed by atoms with E-state index in [1.54, 1.807) is 12.1 Å². The van der Waals surface area contributed by atoms with Crippen LogP contribution in [0.2, 0.25) is 0 Å². The summed E-state index contributed by atoms with van der Waals surface area (Å²) in [5.41, 5.74) is 7.21. The number of nitrogens with one attached hydrogen (secondary N) is 1. The lowest BCUT2D eigenvalue weighted by molar-refractivity contribution is 0.588. The summed E-state index contributed by atoms with van der Waals surface area (Å²) < 4.78 is 25.8. The van der Waals surface area contributed by atoms with Crippen molar-refractivity contribution in [3.05, 3.63) is 18.2 Å². The number of sulfonamides is 1. The Balaban J connectivity index is 3.17. The van der Waals surface area contributed by atoms with Gasteiger partial charge in [0, 0.05) is 13.6 Å². The van der Waals surface area contributed by atoms with Gasteiger partial charge in [-0.05, 0) is 31.2 Å². The topological polar surface area (TPSA) is 75.4 Å². The molecule has 0 saturated heterocycles. The molecular formula is C12H21N3O2S. The first kappa shape index (κ1) is 14.8. The van der Waals surface area contributed by atoms with Crippen LogP contribution in [0.5, 0.6) is 0 Å². The summed E-state index contributed by atoms with van der Waals surface area (Å²) in [7, 11) is -0.135. The van der Waals surface area contributed by atoms with Crippen LogP contribution < -0.4 is 15.4 Å². The van der Waals surface area contributed by atoms with Gasteiger partial charge in [0.15, 0.2) is 0 Å². The van der Waals surface area contributed by atoms with Gasteiger partial charge in [-0.1, -0.05) is 13.8 Å². The molecule has 0 unspecified atom stereocenters. The van der Waals surface area contributed by atoms with E-state index in [2.05, 4.69) is 18.6 Å². The third kappa shape index (κ3) is 3.36. The Bertz CT molecular complexity index is 512. The zero-order valence-electron chi connectivity index (χ0n) is 11.3. The lowest BCUT2D eigenvalue weighted by atomic mass is 10.2. The first-order chi connectivity index (χ1) is 8.27. The van der Waals surface area contributed by atoms with Crippen molar-refractivity contribution < 1.29 is 8.42 Å². The Kier molecular flexibility index (Phi) is 4.59. The average Bonchev–Trinajstić information content (AvgIpc) is 2.28. The van der Waals surface area contributed by atoms with Gasteiger partial charge in [-0.3, -0.25) is 0 Å². The highest BCUT2D eigenvalue weighted by molar-refractivity contribution is 7.89. The summed E-state index contributed by atoms with van der Waals surface area (Å²) in [6.07, 6.45) is 0. The van der Waals surface area contributed by atoms with Gasteiger partial charge in [0.1, 0.15) is 0 Å². The van der Waals surface area contributed by atoms with Crippen LogP contribution in [0.25, 0.3) is 0 Å². The highest BCUT2D eigenvalue weighted by Crippen LogP contribution is 2.26. The summed E-state index contributed by atoms with van der Waals surface area (Å²) in [5.74, 6) is 0.471. The van der Waals surface area contributed by atoms with Crippen LogP contribution in [-0.2, 0) is 10.0 Å². The van der Waals surface area contributed by atoms with Gasteiger partial charge in [-0.25, -0.2) is 13.1 Å². The van der Waals surface area contributed by atoms with Crippen LogP contribution in [0.1, 0.15) is 13.8 Å². The molecule has 6 heteroatoms. The zero-order chi connectivity index (χ0) is 13.9. The molecule has 0 aromatic heterocycles. The number of nitrogens with zero attached hydrogens (tertiary/aromatic N) is 1. The molecule has 0 fully saturated rings. The molecule has 0 saturated carbocycles. The second-order valence-corrected chi connectivity index (χ2v) is 6.59. The van der Waals surface area contributed by atoms with Crippen LogP contribution in [0.4, 0.5) is 11.4 Å². The number of nitrogens with two attached hydrogens (primary N) is 1. The van der Waals surface area contributed by atoms with Crippen molar-refractivity contribution in [2.45, 2.75) is 18.7 Å². The maximum Gasteiger partial charge on any atom is 0.240 e. The number of benzene rings is 1. The van der Waals surface area contributed by atoms with Crippen LogP contribution in [0.15, 0.2) is 23.1 Å². The fourth-order valence-electron chi connectivity index (χ4n) is 1.79. The maximum atomic E-state index is 11.7. The Morgan fingerprint density at radius 1 is 1.39 bits per heavy atom. The molecule has 0 bridgehead atoms. The number of hydrogen-bond acceptors (Lipinski definition) is 4. The average molecular weight is 271 g/mol. The van der Waals surface area contributed by atoms with E-state index in [1.807, 2.05) is 11.9 Å². The highest BCUT2D eigenvalue weighted by Gasteiger charge is 2.15. The van der Waals surface area contributed by atoms with Gasteiger partial charge < -0.3 is 10.6 Å². The number of nitrogen functional groups attached to an aromatic ring is 1. The lowest BCUT2D eigenvalue weighted by Crippen LogP contribution is -2.24. The van der Waals surface area contributed by atoms with E-state index in [0.717, 1.165) is 12.2 Å². The minimum absolute atomic E-state index is 0.227. The smallest absolute Gasteiger partial charge is 0.240 e. The van der Waals surface area contributed by atoms with Crippen molar-refractivity contribution in [2.24, 2.45) is 5.92 Å². The quantitative estimate of drug-likeness (QED) is 0.791. The molecule has 0 aliphatic heterocycles. The molecule has 1 rings (SSSR count). The van der Waals surface area contributed by atoms with Crippen LogP contribution in [0.3, 0.4) is 0 Å². The summed E-state index contributed by atoms with van der Waals surface area (Å²) in [5, 5.41) is 0. The Hall–Kier alpha value is -1.27. The van der Waals surface area contributed by atoms with Crippen molar-refractivity contribution >= 4 is 21.4 Å². The molecular weight excluding hydrogens is 250 g/mol. The molecule has 18 heavy (non-hydrogen) atoms. The summed E-state index contributed by atoms with van der Waals surface area (Å²) in [6.45, 7) is 5.01. The van der Waals surface area contributed by atoms with Crippen molar-refractivity contribution in [1.82, 2.24) is 4.72 Å². The van der Waals surface area contributed by atoms with Crippen molar-refractivity contribution in [3.8, 4) is 0 Å². The second kappa shape index (κ2) is 5.58. The molecule has 0 aliphatic carbocycles. The highest BCUT2D eigenvalue weighted by atomic mass is 32.2. The lowest BCUT2D eigenvalue weighted by Gasteiger charge is -2.23. The Labute approximate surface area is 109 Å². The third-order valence-corrected chi connectivity index (χ3v) is 4.04. The van der Waals surface area contributed by atoms with Crippen molar-refractivity contribution in [3.63, 3.8) is 0 Å². The predicted molar refractivity (Wildman–Crippen MR) is 75.2 cm³/mol. The summed E-state index contributed by atoms with van der Waals surface area (Å²) >= 11 is 0. The molecule has 102 valence electrons. The molecule has 3 N–H and O–H groups in total. The Morgan fingerprint density at radius 3 is 2.50 bits per heavy atom. The number of rotatable bonds is 5. The monoisotopic (exact) mass is 271 g/mol. The van der Waals surface area contributed by atoms with Crippen LogP contribution >= 0.6 is 0 Å². The number of anilines is 2. The minimum atomic E-state index is -3.43. The van der Waals surface area contributed by atoms with Gasteiger partial charge in [-0.2, -0.15) is 0 Å². The molecule has 1 aromatic rings. The molecule has 1 aromatic carbocycles. The zero-order valence-corrected chi connectivity index (χ0v) is 12.1. The predicted octanol–water partition coefficient (Wildman–Crippen LogP) is 1.27. The standard InChI is InChI=1S/C12H21N3O2S/c1-9(2)8-15(4)12-7-10(5-6-11(12)13)18(16,17)14-3/h5-7,9,14H,8,13H2,1-4H3. The molecule has 0 spiro atoms. The van der Waals surface area contributed by atoms with Gasteiger partial charge >= 0.3 is 0 Å². The molecule has 5 nitrogen and oxygen atoms in total. The fourth-order valence-corrected chi connectivity index (χ4v) is 2.53. The van der Waals surface area contributed by atoms with Gasteiger partial charge in [0.25, 0.3) is 0 Å². The molecule has 0 atom stereocenters. The normalized spacial score (nSPS) is 11.8.